The highest BCUT2D eigenvalue weighted by atomic mass is 35.5. The Morgan fingerprint density at radius 1 is 1.36 bits per heavy atom. The molecule has 1 aliphatic heterocycles. The second kappa shape index (κ2) is 7.66. The first kappa shape index (κ1) is 18.1. The van der Waals surface area contributed by atoms with Gasteiger partial charge in [-0.1, -0.05) is 25.4 Å². The number of hydrogen-bond donors (Lipinski definition) is 0. The molecule has 0 bridgehead atoms. The molecule has 0 N–H and O–H groups in total. The van der Waals surface area contributed by atoms with Crippen LogP contribution in [0.15, 0.2) is 17.5 Å². The molecule has 1 fully saturated rings. The zero-order chi connectivity index (χ0) is 18.0. The van der Waals surface area contributed by atoms with E-state index in [0.29, 0.717) is 30.6 Å². The van der Waals surface area contributed by atoms with Gasteiger partial charge in [-0.25, -0.2) is 4.98 Å². The van der Waals surface area contributed by atoms with E-state index in [2.05, 4.69) is 40.9 Å². The van der Waals surface area contributed by atoms with E-state index < -0.39 is 0 Å². The number of anilines is 1. The van der Waals surface area contributed by atoms with Crippen molar-refractivity contribution in [1.82, 2.24) is 20.1 Å². The van der Waals surface area contributed by atoms with Gasteiger partial charge in [-0.3, -0.25) is 4.79 Å². The Labute approximate surface area is 156 Å². The van der Waals surface area contributed by atoms with Gasteiger partial charge in [0.05, 0.1) is 17.1 Å². The fraction of sp³-hybridized carbons (Fsp3) is 0.529. The number of thiazole rings is 1. The van der Waals surface area contributed by atoms with Gasteiger partial charge in [0.25, 0.3) is 0 Å². The van der Waals surface area contributed by atoms with Crippen LogP contribution in [-0.2, 0) is 11.2 Å². The number of aromatic nitrogens is 3. The zero-order valence-electron chi connectivity index (χ0n) is 14.6. The summed E-state index contributed by atoms with van der Waals surface area (Å²) in [7, 11) is 0. The molecule has 0 aromatic carbocycles. The molecule has 1 amide bonds. The van der Waals surface area contributed by atoms with Gasteiger partial charge in [-0.05, 0) is 19.1 Å². The molecule has 0 spiro atoms. The predicted octanol–water partition coefficient (Wildman–Crippen LogP) is 2.99. The fourth-order valence-corrected chi connectivity index (χ4v) is 3.86. The summed E-state index contributed by atoms with van der Waals surface area (Å²) in [5.41, 5.74) is 0.873. The SMILES string of the molecule is CC(C)c1nc(CC(=O)N2CCN(c3ccc(Cl)nn3)[C@H](C)C2)cs1. The highest BCUT2D eigenvalue weighted by Crippen LogP contribution is 2.21. The van der Waals surface area contributed by atoms with Crippen molar-refractivity contribution in [1.29, 1.82) is 0 Å². The van der Waals surface area contributed by atoms with Gasteiger partial charge in [-0.15, -0.1) is 21.5 Å². The molecule has 2 aromatic rings. The minimum atomic E-state index is 0.134. The summed E-state index contributed by atoms with van der Waals surface area (Å²) in [6, 6.07) is 3.78. The van der Waals surface area contributed by atoms with Gasteiger partial charge >= 0.3 is 0 Å². The Morgan fingerprint density at radius 2 is 2.16 bits per heavy atom. The number of piperazine rings is 1. The van der Waals surface area contributed by atoms with Crippen LogP contribution in [0.2, 0.25) is 5.15 Å². The lowest BCUT2D eigenvalue weighted by molar-refractivity contribution is -0.131. The van der Waals surface area contributed by atoms with Crippen molar-refractivity contribution in [2.24, 2.45) is 0 Å². The van der Waals surface area contributed by atoms with Crippen LogP contribution in [0.3, 0.4) is 0 Å². The zero-order valence-corrected chi connectivity index (χ0v) is 16.2. The van der Waals surface area contributed by atoms with E-state index in [1.54, 1.807) is 17.4 Å². The molecule has 0 unspecified atom stereocenters. The van der Waals surface area contributed by atoms with Crippen LogP contribution in [0.25, 0.3) is 0 Å². The van der Waals surface area contributed by atoms with Crippen molar-refractivity contribution in [3.8, 4) is 0 Å². The second-order valence-electron chi connectivity index (χ2n) is 6.60. The normalized spacial score (nSPS) is 18.0. The summed E-state index contributed by atoms with van der Waals surface area (Å²) in [5, 5.41) is 11.5. The van der Waals surface area contributed by atoms with Crippen LogP contribution in [0.4, 0.5) is 5.82 Å². The van der Waals surface area contributed by atoms with Crippen LogP contribution in [0.5, 0.6) is 0 Å². The van der Waals surface area contributed by atoms with E-state index in [0.717, 1.165) is 23.1 Å². The summed E-state index contributed by atoms with van der Waals surface area (Å²) in [5.74, 6) is 1.33. The first-order valence-electron chi connectivity index (χ1n) is 8.42. The third-order valence-electron chi connectivity index (χ3n) is 4.29. The van der Waals surface area contributed by atoms with Crippen LogP contribution < -0.4 is 4.90 Å². The smallest absolute Gasteiger partial charge is 0.228 e. The van der Waals surface area contributed by atoms with E-state index in [-0.39, 0.29) is 11.9 Å². The lowest BCUT2D eigenvalue weighted by Crippen LogP contribution is -2.54. The molecule has 3 heterocycles. The number of halogens is 1. The third kappa shape index (κ3) is 4.27. The Morgan fingerprint density at radius 3 is 2.76 bits per heavy atom. The average molecular weight is 380 g/mol. The minimum Gasteiger partial charge on any atom is -0.349 e. The third-order valence-corrected chi connectivity index (χ3v) is 5.68. The molecule has 25 heavy (non-hydrogen) atoms. The van der Waals surface area contributed by atoms with Crippen LogP contribution in [0, 0.1) is 0 Å². The van der Waals surface area contributed by atoms with Crippen molar-refractivity contribution >= 4 is 34.7 Å². The van der Waals surface area contributed by atoms with Gasteiger partial charge in [0, 0.05) is 37.0 Å². The molecular weight excluding hydrogens is 358 g/mol. The standard InChI is InChI=1S/C17H22ClN5OS/c1-11(2)17-19-13(10-25-17)8-16(24)22-6-7-23(12(3)9-22)15-5-4-14(18)20-21-15/h4-5,10-12H,6-9H2,1-3H3/t12-/m1/s1. The molecule has 134 valence electrons. The summed E-state index contributed by atoms with van der Waals surface area (Å²) < 4.78 is 0. The minimum absolute atomic E-state index is 0.134. The Hall–Kier alpha value is -1.73. The van der Waals surface area contributed by atoms with Crippen molar-refractivity contribution in [3.63, 3.8) is 0 Å². The molecule has 1 atom stereocenters. The Balaban J connectivity index is 1.59. The molecule has 0 radical (unpaired) electrons. The first-order valence-corrected chi connectivity index (χ1v) is 9.67. The fourth-order valence-electron chi connectivity index (χ4n) is 2.92. The number of hydrogen-bond acceptors (Lipinski definition) is 6. The summed E-state index contributed by atoms with van der Waals surface area (Å²) in [6.45, 7) is 8.40. The summed E-state index contributed by atoms with van der Waals surface area (Å²) >= 11 is 7.43. The van der Waals surface area contributed by atoms with Gasteiger partial charge in [0.2, 0.25) is 5.91 Å². The predicted molar refractivity (Wildman–Crippen MR) is 100 cm³/mol. The van der Waals surface area contributed by atoms with Crippen molar-refractivity contribution < 1.29 is 4.79 Å². The highest BCUT2D eigenvalue weighted by Gasteiger charge is 2.28. The van der Waals surface area contributed by atoms with Crippen LogP contribution in [0.1, 0.15) is 37.4 Å². The second-order valence-corrected chi connectivity index (χ2v) is 7.88. The molecule has 8 heteroatoms. The number of amides is 1. The van der Waals surface area contributed by atoms with E-state index in [1.165, 1.54) is 0 Å². The lowest BCUT2D eigenvalue weighted by atomic mass is 10.1. The summed E-state index contributed by atoms with van der Waals surface area (Å²) in [6.07, 6.45) is 0.372. The molecule has 2 aromatic heterocycles. The number of nitrogens with zero attached hydrogens (tertiary/aromatic N) is 5. The van der Waals surface area contributed by atoms with Crippen LogP contribution in [-0.4, -0.2) is 51.7 Å². The highest BCUT2D eigenvalue weighted by molar-refractivity contribution is 7.09. The first-order chi connectivity index (χ1) is 11.9. The molecule has 1 saturated heterocycles. The lowest BCUT2D eigenvalue weighted by Gasteiger charge is -2.40. The largest absolute Gasteiger partial charge is 0.349 e. The topological polar surface area (TPSA) is 62.2 Å². The number of rotatable bonds is 4. The molecule has 0 saturated carbocycles. The molecule has 3 rings (SSSR count). The van der Waals surface area contributed by atoms with Crippen molar-refractivity contribution in [2.75, 3.05) is 24.5 Å². The van der Waals surface area contributed by atoms with Crippen molar-refractivity contribution in [3.05, 3.63) is 33.4 Å². The monoisotopic (exact) mass is 379 g/mol. The van der Waals surface area contributed by atoms with Crippen molar-refractivity contribution in [2.45, 2.75) is 39.2 Å². The maximum atomic E-state index is 12.6. The summed E-state index contributed by atoms with van der Waals surface area (Å²) in [4.78, 5) is 21.2. The van der Waals surface area contributed by atoms with E-state index in [4.69, 9.17) is 11.6 Å². The number of carbonyl (C=O) groups is 1. The quantitative estimate of drug-likeness (QED) is 0.817. The van der Waals surface area contributed by atoms with E-state index >= 15 is 0 Å². The average Bonchev–Trinajstić information content (AvgIpc) is 3.04. The van der Waals surface area contributed by atoms with Gasteiger partial charge in [0.15, 0.2) is 11.0 Å². The Bertz CT molecular complexity index is 733. The molecular formula is C17H22ClN5OS. The van der Waals surface area contributed by atoms with Crippen LogP contribution >= 0.6 is 22.9 Å². The maximum absolute atomic E-state index is 12.6. The van der Waals surface area contributed by atoms with E-state index in [1.807, 2.05) is 16.3 Å². The molecule has 6 nitrogen and oxygen atoms in total. The van der Waals surface area contributed by atoms with Gasteiger partial charge in [0.1, 0.15) is 0 Å². The maximum Gasteiger partial charge on any atom is 0.228 e. The van der Waals surface area contributed by atoms with Gasteiger partial charge < -0.3 is 9.80 Å². The van der Waals surface area contributed by atoms with Gasteiger partial charge in [-0.2, -0.15) is 0 Å². The van der Waals surface area contributed by atoms with E-state index in [9.17, 15) is 4.79 Å². The molecule has 0 aliphatic carbocycles. The molecule has 1 aliphatic rings. The number of carbonyl (C=O) groups excluding carboxylic acids is 1. The Kier molecular flexibility index (Phi) is 5.54.